The molecule has 2 amide bonds. The van der Waals surface area contributed by atoms with Crippen molar-refractivity contribution in [2.45, 2.75) is 6.54 Å². The molecule has 3 aromatic rings. The first-order valence-corrected chi connectivity index (χ1v) is 7.22. The standard InChI is InChI=1S/C14H13N5OS/c20-13(18-14-15-6-7-21-14)16-8-11-9-17-19(10-11)12-4-2-1-3-5-12/h1-7,9-10H,8H2,(H2,15,16,18,20). The molecule has 21 heavy (non-hydrogen) atoms. The van der Waals surface area contributed by atoms with E-state index in [9.17, 15) is 4.79 Å². The summed E-state index contributed by atoms with van der Waals surface area (Å²) in [5, 5.41) is 12.1. The lowest BCUT2D eigenvalue weighted by atomic mass is 10.3. The number of anilines is 1. The summed E-state index contributed by atoms with van der Waals surface area (Å²) in [5.41, 5.74) is 1.91. The van der Waals surface area contributed by atoms with E-state index < -0.39 is 0 Å². The van der Waals surface area contributed by atoms with Gasteiger partial charge in [0.05, 0.1) is 11.9 Å². The molecular formula is C14H13N5OS. The van der Waals surface area contributed by atoms with E-state index in [-0.39, 0.29) is 6.03 Å². The van der Waals surface area contributed by atoms with Gasteiger partial charge in [0.2, 0.25) is 0 Å². The van der Waals surface area contributed by atoms with E-state index in [0.717, 1.165) is 11.3 Å². The van der Waals surface area contributed by atoms with Gasteiger partial charge in [-0.15, -0.1) is 11.3 Å². The van der Waals surface area contributed by atoms with Gasteiger partial charge in [0.1, 0.15) is 0 Å². The molecule has 2 heterocycles. The van der Waals surface area contributed by atoms with Gasteiger partial charge >= 0.3 is 6.03 Å². The Kier molecular flexibility index (Phi) is 3.92. The summed E-state index contributed by atoms with van der Waals surface area (Å²) in [7, 11) is 0. The van der Waals surface area contributed by atoms with Gasteiger partial charge in [-0.3, -0.25) is 5.32 Å². The second-order valence-electron chi connectivity index (χ2n) is 4.27. The highest BCUT2D eigenvalue weighted by atomic mass is 32.1. The Morgan fingerprint density at radius 1 is 1.29 bits per heavy atom. The predicted octanol–water partition coefficient (Wildman–Crippen LogP) is 2.65. The van der Waals surface area contributed by atoms with Gasteiger partial charge in [0.25, 0.3) is 0 Å². The van der Waals surface area contributed by atoms with Crippen LogP contribution in [0.1, 0.15) is 5.56 Å². The minimum absolute atomic E-state index is 0.280. The maximum absolute atomic E-state index is 11.7. The molecule has 0 aliphatic carbocycles. The van der Waals surface area contributed by atoms with Crippen molar-refractivity contribution in [1.29, 1.82) is 0 Å². The minimum Gasteiger partial charge on any atom is -0.334 e. The number of nitrogens with zero attached hydrogens (tertiary/aromatic N) is 3. The van der Waals surface area contributed by atoms with E-state index in [1.54, 1.807) is 22.5 Å². The van der Waals surface area contributed by atoms with Crippen LogP contribution in [0.25, 0.3) is 5.69 Å². The molecule has 0 radical (unpaired) electrons. The van der Waals surface area contributed by atoms with Gasteiger partial charge in [-0.05, 0) is 12.1 Å². The first-order chi connectivity index (χ1) is 10.3. The second kappa shape index (κ2) is 6.19. The Morgan fingerprint density at radius 2 is 2.14 bits per heavy atom. The zero-order chi connectivity index (χ0) is 14.5. The van der Waals surface area contributed by atoms with Crippen LogP contribution >= 0.6 is 11.3 Å². The number of benzene rings is 1. The number of nitrogens with one attached hydrogen (secondary N) is 2. The molecule has 0 aliphatic heterocycles. The van der Waals surface area contributed by atoms with Crippen molar-refractivity contribution < 1.29 is 4.79 Å². The molecular weight excluding hydrogens is 286 g/mol. The van der Waals surface area contributed by atoms with Crippen LogP contribution < -0.4 is 10.6 Å². The number of hydrogen-bond donors (Lipinski definition) is 2. The first kappa shape index (κ1) is 13.3. The highest BCUT2D eigenvalue weighted by Gasteiger charge is 2.05. The van der Waals surface area contributed by atoms with E-state index in [1.165, 1.54) is 11.3 Å². The lowest BCUT2D eigenvalue weighted by molar-refractivity contribution is 0.251. The average Bonchev–Trinajstić information content (AvgIpc) is 3.17. The Balaban J connectivity index is 1.56. The van der Waals surface area contributed by atoms with Crippen molar-refractivity contribution in [2.24, 2.45) is 0 Å². The lowest BCUT2D eigenvalue weighted by Crippen LogP contribution is -2.27. The van der Waals surface area contributed by atoms with Crippen molar-refractivity contribution in [1.82, 2.24) is 20.1 Å². The molecule has 6 nitrogen and oxygen atoms in total. The highest BCUT2D eigenvalue weighted by Crippen LogP contribution is 2.10. The minimum atomic E-state index is -0.280. The summed E-state index contributed by atoms with van der Waals surface area (Å²) in [6, 6.07) is 9.53. The van der Waals surface area contributed by atoms with Crippen LogP contribution in [-0.4, -0.2) is 20.8 Å². The fourth-order valence-corrected chi connectivity index (χ4v) is 2.31. The largest absolute Gasteiger partial charge is 0.334 e. The zero-order valence-electron chi connectivity index (χ0n) is 11.1. The Hall–Kier alpha value is -2.67. The maximum atomic E-state index is 11.7. The third-order valence-corrected chi connectivity index (χ3v) is 3.45. The number of para-hydroxylation sites is 1. The van der Waals surface area contributed by atoms with E-state index in [2.05, 4.69) is 20.7 Å². The average molecular weight is 299 g/mol. The molecule has 0 saturated heterocycles. The van der Waals surface area contributed by atoms with Crippen LogP contribution in [-0.2, 0) is 6.54 Å². The molecule has 0 fully saturated rings. The number of hydrogen-bond acceptors (Lipinski definition) is 4. The molecule has 0 aliphatic rings. The zero-order valence-corrected chi connectivity index (χ0v) is 11.9. The number of urea groups is 1. The van der Waals surface area contributed by atoms with Crippen LogP contribution in [0.2, 0.25) is 0 Å². The highest BCUT2D eigenvalue weighted by molar-refractivity contribution is 7.13. The molecule has 0 spiro atoms. The first-order valence-electron chi connectivity index (χ1n) is 6.34. The van der Waals surface area contributed by atoms with Gasteiger partial charge in [-0.2, -0.15) is 5.10 Å². The molecule has 106 valence electrons. The molecule has 0 atom stereocenters. The normalized spacial score (nSPS) is 10.3. The summed E-state index contributed by atoms with van der Waals surface area (Å²) in [5.74, 6) is 0. The molecule has 3 rings (SSSR count). The summed E-state index contributed by atoms with van der Waals surface area (Å²) in [4.78, 5) is 15.7. The van der Waals surface area contributed by atoms with Gasteiger partial charge in [0.15, 0.2) is 5.13 Å². The van der Waals surface area contributed by atoms with E-state index in [0.29, 0.717) is 11.7 Å². The number of carbonyl (C=O) groups is 1. The number of aromatic nitrogens is 3. The van der Waals surface area contributed by atoms with Crippen molar-refractivity contribution in [3.05, 3.63) is 59.9 Å². The molecule has 0 saturated carbocycles. The van der Waals surface area contributed by atoms with Gasteiger partial charge in [0, 0.05) is 29.9 Å². The fraction of sp³-hybridized carbons (Fsp3) is 0.0714. The molecule has 2 N–H and O–H groups in total. The van der Waals surface area contributed by atoms with Gasteiger partial charge in [-0.25, -0.2) is 14.5 Å². The summed E-state index contributed by atoms with van der Waals surface area (Å²) in [6.07, 6.45) is 5.26. The number of thiazole rings is 1. The number of carbonyl (C=O) groups excluding carboxylic acids is 1. The smallest absolute Gasteiger partial charge is 0.321 e. The van der Waals surface area contributed by atoms with Crippen LogP contribution in [0.3, 0.4) is 0 Å². The Bertz CT molecular complexity index is 708. The fourth-order valence-electron chi connectivity index (χ4n) is 1.78. The van der Waals surface area contributed by atoms with Crippen molar-refractivity contribution in [3.8, 4) is 5.69 Å². The monoisotopic (exact) mass is 299 g/mol. The third-order valence-electron chi connectivity index (χ3n) is 2.76. The van der Waals surface area contributed by atoms with Crippen molar-refractivity contribution >= 4 is 22.5 Å². The van der Waals surface area contributed by atoms with Crippen LogP contribution in [0.5, 0.6) is 0 Å². The van der Waals surface area contributed by atoms with Crippen LogP contribution in [0.15, 0.2) is 54.3 Å². The maximum Gasteiger partial charge on any atom is 0.321 e. The molecule has 0 unspecified atom stereocenters. The van der Waals surface area contributed by atoms with Crippen molar-refractivity contribution in [3.63, 3.8) is 0 Å². The summed E-state index contributed by atoms with van der Waals surface area (Å²) in [6.45, 7) is 0.407. The number of amides is 2. The van der Waals surface area contributed by atoms with Crippen LogP contribution in [0, 0.1) is 0 Å². The third kappa shape index (κ3) is 3.46. The van der Waals surface area contributed by atoms with Crippen molar-refractivity contribution in [2.75, 3.05) is 5.32 Å². The lowest BCUT2D eigenvalue weighted by Gasteiger charge is -2.03. The molecule has 2 aromatic heterocycles. The summed E-state index contributed by atoms with van der Waals surface area (Å²) < 4.78 is 1.77. The van der Waals surface area contributed by atoms with E-state index in [1.807, 2.05) is 36.5 Å². The second-order valence-corrected chi connectivity index (χ2v) is 5.17. The van der Waals surface area contributed by atoms with Gasteiger partial charge < -0.3 is 5.32 Å². The topological polar surface area (TPSA) is 71.8 Å². The quantitative estimate of drug-likeness (QED) is 0.778. The van der Waals surface area contributed by atoms with Crippen LogP contribution in [0.4, 0.5) is 9.93 Å². The molecule has 0 bridgehead atoms. The molecule has 7 heteroatoms. The van der Waals surface area contributed by atoms with E-state index >= 15 is 0 Å². The Labute approximate surface area is 125 Å². The summed E-state index contributed by atoms with van der Waals surface area (Å²) >= 11 is 1.37. The SMILES string of the molecule is O=C(NCc1cnn(-c2ccccc2)c1)Nc1nccs1. The molecule has 1 aromatic carbocycles. The van der Waals surface area contributed by atoms with Gasteiger partial charge in [-0.1, -0.05) is 18.2 Å². The number of rotatable bonds is 4. The predicted molar refractivity (Wildman–Crippen MR) is 81.5 cm³/mol. The Morgan fingerprint density at radius 3 is 2.90 bits per heavy atom. The van der Waals surface area contributed by atoms with E-state index in [4.69, 9.17) is 0 Å².